The number of hydrogen-bond donors (Lipinski definition) is 0. The molecule has 0 atom stereocenters. The first-order valence-corrected chi connectivity index (χ1v) is 16.9. The Balaban J connectivity index is 0.000000309. The quantitative estimate of drug-likeness (QED) is 0.187. The van der Waals surface area contributed by atoms with Crippen molar-refractivity contribution >= 4 is 0 Å². The highest BCUT2D eigenvalue weighted by Gasteiger charge is 1.95. The zero-order valence-electron chi connectivity index (χ0n) is 34.9. The fraction of sp³-hybridized carbons (Fsp3) is 0.500. The molecule has 0 N–H and O–H groups in total. The molecule has 0 saturated carbocycles. The summed E-state index contributed by atoms with van der Waals surface area (Å²) in [7, 11) is 9.57. The molecule has 7 rings (SSSR count). The van der Waals surface area contributed by atoms with E-state index in [2.05, 4.69) is 67.4 Å². The molecule has 0 aliphatic carbocycles. The Hall–Kier alpha value is -5.74. The molecule has 290 valence electrons. The van der Waals surface area contributed by atoms with Gasteiger partial charge < -0.3 is 9.05 Å². The lowest BCUT2D eigenvalue weighted by atomic mass is 10.4. The maximum absolute atomic E-state index is 4.71. The van der Waals surface area contributed by atoms with Gasteiger partial charge in [0.1, 0.15) is 29.1 Å². The third-order valence-electron chi connectivity index (χ3n) is 6.85. The van der Waals surface area contributed by atoms with Crippen molar-refractivity contribution in [1.82, 2.24) is 74.2 Å². The molecule has 17 nitrogen and oxygen atoms in total. The summed E-state index contributed by atoms with van der Waals surface area (Å²) in [4.78, 5) is 12.0. The molecule has 0 amide bonds. The van der Waals surface area contributed by atoms with Gasteiger partial charge in [-0.3, -0.25) is 23.4 Å². The normalized spacial score (nSPS) is 9.70. The highest BCUT2D eigenvalue weighted by atomic mass is 16.5. The molecule has 0 bridgehead atoms. The Kier molecular flexibility index (Phi) is 19.0. The molecule has 7 aromatic rings. The molecular weight excluding hydrogens is 674 g/mol. The second-order valence-corrected chi connectivity index (χ2v) is 12.4. The third kappa shape index (κ3) is 18.9. The number of nitrogens with zero attached hydrogens (tertiary/aromatic N) is 15. The zero-order valence-corrected chi connectivity index (χ0v) is 34.9. The van der Waals surface area contributed by atoms with Gasteiger partial charge in [0.15, 0.2) is 5.82 Å². The Morgan fingerprint density at radius 2 is 0.943 bits per heavy atom. The number of aryl methyl sites for hydroxylation is 18. The van der Waals surface area contributed by atoms with Crippen LogP contribution in [0.15, 0.2) is 39.6 Å². The Morgan fingerprint density at radius 1 is 0.472 bits per heavy atom. The third-order valence-corrected chi connectivity index (χ3v) is 6.85. The predicted molar refractivity (Wildman–Crippen MR) is 204 cm³/mol. The lowest BCUT2D eigenvalue weighted by Gasteiger charge is -1.87. The van der Waals surface area contributed by atoms with Crippen molar-refractivity contribution in [3.05, 3.63) is 105 Å². The molecule has 7 heterocycles. The molecule has 0 aliphatic heterocycles. The summed E-state index contributed by atoms with van der Waals surface area (Å²) in [6.45, 7) is 25.0. The average molecular weight is 734 g/mol. The molecule has 17 heteroatoms. The summed E-state index contributed by atoms with van der Waals surface area (Å²) >= 11 is 0. The first kappa shape index (κ1) is 45.3. The van der Waals surface area contributed by atoms with E-state index in [1.807, 2.05) is 139 Å². The van der Waals surface area contributed by atoms with Crippen molar-refractivity contribution in [2.75, 3.05) is 0 Å². The monoisotopic (exact) mass is 733 g/mol. The average Bonchev–Trinajstić information content (AvgIpc) is 3.92. The summed E-state index contributed by atoms with van der Waals surface area (Å²) in [5.41, 5.74) is 6.75. The molecule has 0 fully saturated rings. The van der Waals surface area contributed by atoms with Crippen molar-refractivity contribution in [3.63, 3.8) is 0 Å². The largest absolute Gasteiger partial charge is 0.361 e. The van der Waals surface area contributed by atoms with Crippen molar-refractivity contribution in [1.29, 1.82) is 0 Å². The van der Waals surface area contributed by atoms with Crippen LogP contribution in [0.5, 0.6) is 0 Å². The minimum absolute atomic E-state index is 0.623. The molecule has 7 aromatic heterocycles. The fourth-order valence-electron chi connectivity index (χ4n) is 4.15. The van der Waals surface area contributed by atoms with Gasteiger partial charge in [-0.1, -0.05) is 10.3 Å². The van der Waals surface area contributed by atoms with Crippen LogP contribution in [-0.4, -0.2) is 74.2 Å². The topological polar surface area (TPSA) is 180 Å². The van der Waals surface area contributed by atoms with Crippen LogP contribution in [0.4, 0.5) is 0 Å². The summed E-state index contributed by atoms with van der Waals surface area (Å²) in [5.74, 6) is 5.78. The molecule has 0 radical (unpaired) electrons. The van der Waals surface area contributed by atoms with E-state index in [4.69, 9.17) is 4.52 Å². The van der Waals surface area contributed by atoms with E-state index in [-0.39, 0.29) is 0 Å². The number of hydrogen-bond acceptors (Lipinski definition) is 12. The second kappa shape index (κ2) is 22.3. The summed E-state index contributed by atoms with van der Waals surface area (Å²) in [5, 5.41) is 27.4. The lowest BCUT2D eigenvalue weighted by molar-refractivity contribution is 0.389. The van der Waals surface area contributed by atoms with E-state index in [1.165, 1.54) is 17.0 Å². The number of aromatic nitrogens is 15. The Bertz CT molecular complexity index is 1650. The van der Waals surface area contributed by atoms with E-state index in [0.717, 1.165) is 46.1 Å². The van der Waals surface area contributed by atoms with Gasteiger partial charge in [0.2, 0.25) is 5.89 Å². The Labute approximate surface area is 313 Å². The zero-order chi connectivity index (χ0) is 40.4. The molecule has 0 saturated heterocycles. The van der Waals surface area contributed by atoms with E-state index >= 15 is 0 Å². The van der Waals surface area contributed by atoms with Crippen LogP contribution >= 0.6 is 0 Å². The predicted octanol–water partition coefficient (Wildman–Crippen LogP) is 5.64. The van der Waals surface area contributed by atoms with Gasteiger partial charge in [-0.25, -0.2) is 9.97 Å². The van der Waals surface area contributed by atoms with Gasteiger partial charge in [-0.05, 0) is 101 Å². The van der Waals surface area contributed by atoms with Crippen LogP contribution in [-0.2, 0) is 35.2 Å². The lowest BCUT2D eigenvalue weighted by Crippen LogP contribution is -1.92. The molecular formula is C36H59N15O2. The molecule has 0 unspecified atom stereocenters. The van der Waals surface area contributed by atoms with Crippen molar-refractivity contribution in [2.24, 2.45) is 35.2 Å². The van der Waals surface area contributed by atoms with Crippen LogP contribution in [0.25, 0.3) is 0 Å². The van der Waals surface area contributed by atoms with Crippen molar-refractivity contribution < 1.29 is 9.05 Å². The van der Waals surface area contributed by atoms with Gasteiger partial charge in [-0.15, -0.1) is 0 Å². The SMILES string of the molecule is Cc1cc(C)n(C)n1.Cc1cc(C)n(C)n1.Cc1cc(C)on1.Cc1cnn(C)c1.Cc1nc(C)n(C)n1.Cc1nc(C)n(C)n1.Cc1noc(C)n1. The van der Waals surface area contributed by atoms with E-state index in [9.17, 15) is 0 Å². The highest BCUT2D eigenvalue weighted by Crippen LogP contribution is 1.99. The molecule has 53 heavy (non-hydrogen) atoms. The maximum Gasteiger partial charge on any atom is 0.223 e. The van der Waals surface area contributed by atoms with E-state index < -0.39 is 0 Å². The van der Waals surface area contributed by atoms with Crippen LogP contribution in [0.3, 0.4) is 0 Å². The molecule has 0 spiro atoms. The smallest absolute Gasteiger partial charge is 0.223 e. The maximum atomic E-state index is 4.71. The minimum Gasteiger partial charge on any atom is -0.361 e. The first-order chi connectivity index (χ1) is 24.7. The highest BCUT2D eigenvalue weighted by molar-refractivity contribution is 5.06. The van der Waals surface area contributed by atoms with Crippen LogP contribution < -0.4 is 0 Å². The van der Waals surface area contributed by atoms with Crippen LogP contribution in [0, 0.1) is 90.0 Å². The van der Waals surface area contributed by atoms with Crippen LogP contribution in [0.2, 0.25) is 0 Å². The van der Waals surface area contributed by atoms with Gasteiger partial charge in [0.05, 0.1) is 23.3 Å². The first-order valence-electron chi connectivity index (χ1n) is 16.9. The number of rotatable bonds is 0. The standard InChI is InChI=1S/2C6H10N2.2C5H9N3.C5H8N2.C5H7NO.C4H6N2O/c2*1-5-4-6(2)8(3)7-5;2*1-4-6-5(2)8(3)7-4;1-5-3-6-7(2)4-5;1-4-3-5(2)7-6-4;1-3-5-4(2)7-6-3/h2*4H,1-3H3;2*1-3H3;3-4H,1-2H3;3H,1-2H3;1-2H3. The summed E-state index contributed by atoms with van der Waals surface area (Å²) in [6, 6.07) is 6.00. The van der Waals surface area contributed by atoms with E-state index in [0.29, 0.717) is 11.7 Å². The van der Waals surface area contributed by atoms with Crippen molar-refractivity contribution in [3.8, 4) is 0 Å². The summed E-state index contributed by atoms with van der Waals surface area (Å²) in [6.07, 6.45) is 3.81. The molecule has 0 aromatic carbocycles. The summed E-state index contributed by atoms with van der Waals surface area (Å²) < 4.78 is 18.4. The van der Waals surface area contributed by atoms with E-state index in [1.54, 1.807) is 27.9 Å². The minimum atomic E-state index is 0.623. The molecule has 0 aliphatic rings. The second-order valence-electron chi connectivity index (χ2n) is 12.4. The van der Waals surface area contributed by atoms with Gasteiger partial charge in [0.25, 0.3) is 0 Å². The van der Waals surface area contributed by atoms with Crippen molar-refractivity contribution in [2.45, 2.75) is 90.0 Å². The fourth-order valence-corrected chi connectivity index (χ4v) is 4.15. The van der Waals surface area contributed by atoms with Gasteiger partial charge >= 0.3 is 0 Å². The van der Waals surface area contributed by atoms with Gasteiger partial charge in [-0.2, -0.15) is 30.5 Å². The van der Waals surface area contributed by atoms with Gasteiger partial charge in [0, 0.05) is 65.8 Å². The van der Waals surface area contributed by atoms with Crippen LogP contribution in [0.1, 0.15) is 74.8 Å². The Morgan fingerprint density at radius 3 is 1.04 bits per heavy atom.